The van der Waals surface area contributed by atoms with Gasteiger partial charge in [0.15, 0.2) is 0 Å². The molecule has 0 amide bonds. The number of rotatable bonds is 0. The van der Waals surface area contributed by atoms with Gasteiger partial charge in [-0.2, -0.15) is 0 Å². The maximum absolute atomic E-state index is 5.80. The molecule has 0 saturated heterocycles. The molecule has 11 heavy (non-hydrogen) atoms. The van der Waals surface area contributed by atoms with Gasteiger partial charge in [-0.25, -0.2) is 0 Å². The zero-order valence-corrected chi connectivity index (χ0v) is 6.97. The Hall–Kier alpha value is -0.820. The molecule has 0 bridgehead atoms. The van der Waals surface area contributed by atoms with Crippen LogP contribution in [0, 0.1) is 0 Å². The van der Waals surface area contributed by atoms with Gasteiger partial charge in [0.2, 0.25) is 0 Å². The largest absolute Gasteiger partial charge is 0.278 e. The Labute approximate surface area is 70.0 Å². The van der Waals surface area contributed by atoms with Crippen molar-refractivity contribution in [1.29, 1.82) is 0 Å². The van der Waals surface area contributed by atoms with Crippen molar-refractivity contribution in [3.8, 4) is 0 Å². The summed E-state index contributed by atoms with van der Waals surface area (Å²) in [4.78, 5) is 4.37. The maximum Gasteiger partial charge on any atom is 0.0668 e. The standard InChI is InChI=1S/C9H8ClN/c1-6-4-7-2-3-8(10)5-9(7)11-6/h2-6H,1H3. The molecule has 1 unspecified atom stereocenters. The van der Waals surface area contributed by atoms with Crippen LogP contribution in [0.5, 0.6) is 0 Å². The van der Waals surface area contributed by atoms with Crippen LogP contribution in [0.2, 0.25) is 5.02 Å². The smallest absolute Gasteiger partial charge is 0.0668 e. The normalized spacial score (nSPS) is 20.4. The lowest BCUT2D eigenvalue weighted by Gasteiger charge is -1.86. The first-order chi connectivity index (χ1) is 5.25. The highest BCUT2D eigenvalue weighted by atomic mass is 35.5. The van der Waals surface area contributed by atoms with Crippen LogP contribution in [-0.2, 0) is 0 Å². The van der Waals surface area contributed by atoms with Crippen molar-refractivity contribution in [2.45, 2.75) is 13.0 Å². The minimum atomic E-state index is 0.309. The van der Waals surface area contributed by atoms with Gasteiger partial charge in [-0.05, 0) is 24.3 Å². The SMILES string of the molecule is CC1C=c2ccc(Cl)cc2=N1. The average Bonchev–Trinajstić information content (AvgIpc) is 2.27. The predicted octanol–water partition coefficient (Wildman–Crippen LogP) is 1.14. The van der Waals surface area contributed by atoms with Crippen molar-refractivity contribution in [3.05, 3.63) is 33.8 Å². The number of benzene rings is 1. The molecule has 0 spiro atoms. The molecule has 0 saturated carbocycles. The Bertz CT molecular complexity index is 395. The topological polar surface area (TPSA) is 12.4 Å². The minimum Gasteiger partial charge on any atom is -0.278 e. The highest BCUT2D eigenvalue weighted by Gasteiger charge is 2.01. The molecule has 2 rings (SSSR count). The van der Waals surface area contributed by atoms with E-state index in [-0.39, 0.29) is 0 Å². The molecule has 1 aliphatic rings. The summed E-state index contributed by atoms with van der Waals surface area (Å²) in [7, 11) is 0. The lowest BCUT2D eigenvalue weighted by atomic mass is 10.2. The van der Waals surface area contributed by atoms with Gasteiger partial charge in [0.25, 0.3) is 0 Å². The van der Waals surface area contributed by atoms with Crippen LogP contribution in [0.25, 0.3) is 6.08 Å². The molecule has 1 aliphatic heterocycles. The van der Waals surface area contributed by atoms with E-state index in [4.69, 9.17) is 11.6 Å². The van der Waals surface area contributed by atoms with Crippen LogP contribution >= 0.6 is 11.6 Å². The first kappa shape index (κ1) is 6.86. The molecule has 1 heterocycles. The number of nitrogens with zero attached hydrogens (tertiary/aromatic N) is 1. The number of hydrogen-bond donors (Lipinski definition) is 0. The van der Waals surface area contributed by atoms with Crippen LogP contribution in [0.1, 0.15) is 6.92 Å². The summed E-state index contributed by atoms with van der Waals surface area (Å²) in [6.07, 6.45) is 2.13. The van der Waals surface area contributed by atoms with Crippen LogP contribution in [-0.4, -0.2) is 6.04 Å². The lowest BCUT2D eigenvalue weighted by molar-refractivity contribution is 0.955. The maximum atomic E-state index is 5.80. The number of fused-ring (bicyclic) bond motifs is 1. The van der Waals surface area contributed by atoms with E-state index in [1.165, 1.54) is 5.22 Å². The van der Waals surface area contributed by atoms with Crippen molar-refractivity contribution in [1.82, 2.24) is 0 Å². The summed E-state index contributed by atoms with van der Waals surface area (Å²) in [5.74, 6) is 0. The molecule has 1 atom stereocenters. The summed E-state index contributed by atoms with van der Waals surface area (Å²) in [5, 5.41) is 2.97. The predicted molar refractivity (Wildman–Crippen MR) is 46.2 cm³/mol. The van der Waals surface area contributed by atoms with Crippen molar-refractivity contribution >= 4 is 17.7 Å². The Morgan fingerprint density at radius 3 is 3.09 bits per heavy atom. The van der Waals surface area contributed by atoms with Crippen molar-refractivity contribution < 1.29 is 0 Å². The second-order valence-corrected chi connectivity index (χ2v) is 3.18. The van der Waals surface area contributed by atoms with Crippen LogP contribution in [0.4, 0.5) is 0 Å². The molecule has 0 radical (unpaired) electrons. The molecule has 0 N–H and O–H groups in total. The van der Waals surface area contributed by atoms with E-state index < -0.39 is 0 Å². The average molecular weight is 166 g/mol. The van der Waals surface area contributed by atoms with E-state index in [1.54, 1.807) is 0 Å². The van der Waals surface area contributed by atoms with Crippen LogP contribution in [0.15, 0.2) is 23.2 Å². The van der Waals surface area contributed by atoms with E-state index in [9.17, 15) is 0 Å². The highest BCUT2D eigenvalue weighted by molar-refractivity contribution is 6.30. The Kier molecular flexibility index (Phi) is 1.46. The second-order valence-electron chi connectivity index (χ2n) is 2.74. The van der Waals surface area contributed by atoms with E-state index in [2.05, 4.69) is 18.0 Å². The summed E-state index contributed by atoms with van der Waals surface area (Å²) < 4.78 is 0. The van der Waals surface area contributed by atoms with E-state index in [0.717, 1.165) is 10.4 Å². The molecular formula is C9H8ClN. The van der Waals surface area contributed by atoms with Crippen molar-refractivity contribution in [2.75, 3.05) is 0 Å². The fourth-order valence-electron chi connectivity index (χ4n) is 1.29. The van der Waals surface area contributed by atoms with Gasteiger partial charge < -0.3 is 0 Å². The zero-order chi connectivity index (χ0) is 7.84. The van der Waals surface area contributed by atoms with Gasteiger partial charge in [0.05, 0.1) is 11.4 Å². The Morgan fingerprint density at radius 2 is 2.27 bits per heavy atom. The monoisotopic (exact) mass is 165 g/mol. The Balaban J connectivity index is 2.78. The summed E-state index contributed by atoms with van der Waals surface area (Å²) in [5.41, 5.74) is 0. The molecule has 1 nitrogen and oxygen atoms in total. The van der Waals surface area contributed by atoms with Crippen LogP contribution < -0.4 is 10.6 Å². The van der Waals surface area contributed by atoms with Gasteiger partial charge in [-0.15, -0.1) is 0 Å². The number of hydrogen-bond acceptors (Lipinski definition) is 1. The zero-order valence-electron chi connectivity index (χ0n) is 6.21. The molecular weight excluding hydrogens is 158 g/mol. The van der Waals surface area contributed by atoms with E-state index in [0.29, 0.717) is 6.04 Å². The Morgan fingerprint density at radius 1 is 1.45 bits per heavy atom. The summed E-state index contributed by atoms with van der Waals surface area (Å²) in [6, 6.07) is 6.11. The molecule has 0 aliphatic carbocycles. The third-order valence-electron chi connectivity index (χ3n) is 1.76. The van der Waals surface area contributed by atoms with Gasteiger partial charge >= 0.3 is 0 Å². The minimum absolute atomic E-state index is 0.309. The van der Waals surface area contributed by atoms with Gasteiger partial charge in [-0.1, -0.05) is 23.7 Å². The molecule has 1 aromatic rings. The van der Waals surface area contributed by atoms with Gasteiger partial charge in [-0.3, -0.25) is 4.99 Å². The van der Waals surface area contributed by atoms with Crippen molar-refractivity contribution in [3.63, 3.8) is 0 Å². The summed E-state index contributed by atoms with van der Waals surface area (Å²) in [6.45, 7) is 2.06. The highest BCUT2D eigenvalue weighted by Crippen LogP contribution is 2.02. The molecule has 56 valence electrons. The fraction of sp³-hybridized carbons (Fsp3) is 0.222. The van der Waals surface area contributed by atoms with E-state index in [1.807, 2.05) is 18.2 Å². The van der Waals surface area contributed by atoms with Gasteiger partial charge in [0, 0.05) is 5.02 Å². The molecule has 0 fully saturated rings. The first-order valence-electron chi connectivity index (χ1n) is 3.61. The number of halogens is 1. The first-order valence-corrected chi connectivity index (χ1v) is 3.99. The lowest BCUT2D eigenvalue weighted by Crippen LogP contribution is -2.20. The third kappa shape index (κ3) is 1.16. The van der Waals surface area contributed by atoms with E-state index >= 15 is 0 Å². The third-order valence-corrected chi connectivity index (χ3v) is 1.99. The van der Waals surface area contributed by atoms with Crippen molar-refractivity contribution in [2.24, 2.45) is 4.99 Å². The van der Waals surface area contributed by atoms with Gasteiger partial charge in [0.1, 0.15) is 0 Å². The summed E-state index contributed by atoms with van der Waals surface area (Å²) >= 11 is 5.80. The molecule has 1 aromatic carbocycles. The fourth-order valence-corrected chi connectivity index (χ4v) is 1.45. The molecule has 0 aromatic heterocycles. The van der Waals surface area contributed by atoms with Crippen LogP contribution in [0.3, 0.4) is 0 Å². The quantitative estimate of drug-likeness (QED) is 0.547. The second kappa shape index (κ2) is 2.35. The molecule has 2 heteroatoms.